The highest BCUT2D eigenvalue weighted by atomic mass is 19.4. The third-order valence-electron chi connectivity index (χ3n) is 4.22. The number of rotatable bonds is 8. The molecule has 0 amide bonds. The molecule has 0 aliphatic rings. The molecule has 1 N–H and O–H groups in total. The van der Waals surface area contributed by atoms with Crippen LogP contribution in [0.2, 0.25) is 0 Å². The third-order valence-corrected chi connectivity index (χ3v) is 4.22. The number of hydrogen-bond donors (Lipinski definition) is 1. The molecule has 154 valence electrons. The Morgan fingerprint density at radius 3 is 2.29 bits per heavy atom. The lowest BCUT2D eigenvalue weighted by atomic mass is 10.1. The summed E-state index contributed by atoms with van der Waals surface area (Å²) in [5.41, 5.74) is 1.52. The topological polar surface area (TPSA) is 65.5 Å². The number of aromatic nitrogens is 2. The van der Waals surface area contributed by atoms with Gasteiger partial charge in [-0.3, -0.25) is 0 Å². The summed E-state index contributed by atoms with van der Waals surface area (Å²) in [7, 11) is 2.87. The molecule has 0 saturated carbocycles. The van der Waals surface area contributed by atoms with Crippen LogP contribution in [0.1, 0.15) is 32.4 Å². The number of halogens is 3. The average molecular weight is 399 g/mol. The summed E-state index contributed by atoms with van der Waals surface area (Å²) in [4.78, 5) is 9.05. The summed E-state index contributed by atoms with van der Waals surface area (Å²) >= 11 is 0. The normalized spacial score (nSPS) is 11.5. The molecule has 0 aliphatic carbocycles. The van der Waals surface area contributed by atoms with Crippen molar-refractivity contribution in [1.29, 1.82) is 0 Å². The first-order valence-electron chi connectivity index (χ1n) is 8.85. The van der Waals surface area contributed by atoms with Gasteiger partial charge in [-0.15, -0.1) is 13.2 Å². The van der Waals surface area contributed by atoms with Crippen molar-refractivity contribution in [3.63, 3.8) is 0 Å². The molecule has 28 heavy (non-hydrogen) atoms. The number of nitrogens with zero attached hydrogens (tertiary/aromatic N) is 2. The molecule has 0 fully saturated rings. The minimum atomic E-state index is -4.78. The van der Waals surface area contributed by atoms with Gasteiger partial charge in [0, 0.05) is 17.7 Å². The van der Waals surface area contributed by atoms with E-state index in [4.69, 9.17) is 9.47 Å². The number of aryl methyl sites for hydroxylation is 1. The van der Waals surface area contributed by atoms with Gasteiger partial charge in [0.25, 0.3) is 5.88 Å². The van der Waals surface area contributed by atoms with E-state index in [0.717, 1.165) is 12.8 Å². The van der Waals surface area contributed by atoms with Gasteiger partial charge in [-0.2, -0.15) is 0 Å². The van der Waals surface area contributed by atoms with E-state index in [1.54, 1.807) is 6.92 Å². The van der Waals surface area contributed by atoms with E-state index in [2.05, 4.69) is 33.9 Å². The molecule has 0 aliphatic heterocycles. The predicted octanol–water partition coefficient (Wildman–Crippen LogP) is 4.97. The Kier molecular flexibility index (Phi) is 6.93. The maximum absolute atomic E-state index is 12.5. The molecule has 2 aromatic rings. The first-order valence-corrected chi connectivity index (χ1v) is 8.85. The molecule has 1 aromatic heterocycles. The molecule has 0 saturated heterocycles. The Labute approximate surface area is 162 Å². The zero-order valence-electron chi connectivity index (χ0n) is 16.5. The molecule has 0 spiro atoms. The van der Waals surface area contributed by atoms with Crippen LogP contribution in [0, 0.1) is 6.92 Å². The molecule has 1 aromatic carbocycles. The molecule has 0 radical (unpaired) electrons. The fourth-order valence-electron chi connectivity index (χ4n) is 2.74. The van der Waals surface area contributed by atoms with Crippen LogP contribution >= 0.6 is 0 Å². The fraction of sp³-hybridized carbons (Fsp3) is 0.474. The van der Waals surface area contributed by atoms with Gasteiger partial charge in [-0.25, -0.2) is 9.97 Å². The van der Waals surface area contributed by atoms with Gasteiger partial charge in [-0.05, 0) is 31.9 Å². The minimum absolute atomic E-state index is 0.184. The van der Waals surface area contributed by atoms with Crippen LogP contribution < -0.4 is 19.5 Å². The van der Waals surface area contributed by atoms with Gasteiger partial charge in [0.15, 0.2) is 5.82 Å². The van der Waals surface area contributed by atoms with E-state index >= 15 is 0 Å². The highest BCUT2D eigenvalue weighted by Crippen LogP contribution is 2.37. The van der Waals surface area contributed by atoms with E-state index in [0.29, 0.717) is 28.6 Å². The molecule has 0 bridgehead atoms. The number of ether oxygens (including phenoxy) is 3. The molecule has 6 nitrogen and oxygen atoms in total. The van der Waals surface area contributed by atoms with Gasteiger partial charge in [0.05, 0.1) is 25.6 Å². The molecule has 9 heteroatoms. The van der Waals surface area contributed by atoms with Crippen LogP contribution in [0.25, 0.3) is 11.3 Å². The lowest BCUT2D eigenvalue weighted by molar-refractivity contribution is -0.274. The molecular formula is C19H24F3N3O3. The van der Waals surface area contributed by atoms with Gasteiger partial charge in [0.1, 0.15) is 11.5 Å². The van der Waals surface area contributed by atoms with E-state index in [-0.39, 0.29) is 17.5 Å². The second-order valence-corrected chi connectivity index (χ2v) is 6.08. The molecule has 2 rings (SSSR count). The Bertz CT molecular complexity index is 809. The van der Waals surface area contributed by atoms with Crippen molar-refractivity contribution in [2.24, 2.45) is 0 Å². The zero-order valence-corrected chi connectivity index (χ0v) is 16.5. The van der Waals surface area contributed by atoms with Crippen molar-refractivity contribution in [3.8, 4) is 28.6 Å². The zero-order chi connectivity index (χ0) is 20.9. The van der Waals surface area contributed by atoms with Crippen LogP contribution in [0.15, 0.2) is 18.2 Å². The minimum Gasteiger partial charge on any atom is -0.496 e. The smallest absolute Gasteiger partial charge is 0.496 e. The lowest BCUT2D eigenvalue weighted by Crippen LogP contribution is -2.19. The molecule has 0 unspecified atom stereocenters. The predicted molar refractivity (Wildman–Crippen MR) is 100.0 cm³/mol. The van der Waals surface area contributed by atoms with E-state index in [1.807, 2.05) is 0 Å². The SMILES string of the molecule is CCC(CC)Nc1nc(-c2ccc(OC(F)(F)F)cc2OC)c(C)nc1OC. The van der Waals surface area contributed by atoms with Crippen LogP contribution in [-0.4, -0.2) is 36.6 Å². The second-order valence-electron chi connectivity index (χ2n) is 6.08. The van der Waals surface area contributed by atoms with Crippen LogP contribution in [0.4, 0.5) is 19.0 Å². The van der Waals surface area contributed by atoms with Crippen molar-refractivity contribution in [3.05, 3.63) is 23.9 Å². The maximum atomic E-state index is 12.5. The Hall–Kier alpha value is -2.71. The standard InChI is InChI=1S/C19H24F3N3O3/c1-6-12(7-2)24-17-18(27-5)23-11(3)16(25-17)14-9-8-13(10-15(14)26-4)28-19(20,21)22/h8-10,12H,6-7H2,1-5H3,(H,24,25). The largest absolute Gasteiger partial charge is 0.573 e. The molecular weight excluding hydrogens is 375 g/mol. The quantitative estimate of drug-likeness (QED) is 0.676. The number of methoxy groups -OCH3 is 2. The highest BCUT2D eigenvalue weighted by molar-refractivity contribution is 5.72. The van der Waals surface area contributed by atoms with Crippen molar-refractivity contribution >= 4 is 5.82 Å². The fourth-order valence-corrected chi connectivity index (χ4v) is 2.74. The molecule has 0 atom stereocenters. The van der Waals surface area contributed by atoms with Crippen molar-refractivity contribution in [1.82, 2.24) is 9.97 Å². The first kappa shape index (κ1) is 21.6. The number of benzene rings is 1. The van der Waals surface area contributed by atoms with Crippen molar-refractivity contribution in [2.75, 3.05) is 19.5 Å². The number of nitrogens with one attached hydrogen (secondary N) is 1. The van der Waals surface area contributed by atoms with Gasteiger partial charge in [-0.1, -0.05) is 13.8 Å². The number of alkyl halides is 3. The summed E-state index contributed by atoms with van der Waals surface area (Å²) in [5, 5.41) is 3.30. The first-order chi connectivity index (χ1) is 13.2. The van der Waals surface area contributed by atoms with Crippen molar-refractivity contribution in [2.45, 2.75) is 46.0 Å². The number of hydrogen-bond acceptors (Lipinski definition) is 6. The van der Waals surface area contributed by atoms with Gasteiger partial charge in [0.2, 0.25) is 0 Å². The number of anilines is 1. The van der Waals surface area contributed by atoms with Crippen LogP contribution in [-0.2, 0) is 0 Å². The van der Waals surface area contributed by atoms with E-state index in [9.17, 15) is 13.2 Å². The Balaban J connectivity index is 2.51. The summed E-state index contributed by atoms with van der Waals surface area (Å²) in [6, 6.07) is 4.03. The summed E-state index contributed by atoms with van der Waals surface area (Å²) in [5.74, 6) is 0.638. The van der Waals surface area contributed by atoms with E-state index < -0.39 is 6.36 Å². The second kappa shape index (κ2) is 8.99. The van der Waals surface area contributed by atoms with Gasteiger partial charge >= 0.3 is 6.36 Å². The lowest BCUT2D eigenvalue weighted by Gasteiger charge is -2.19. The van der Waals surface area contributed by atoms with Crippen molar-refractivity contribution < 1.29 is 27.4 Å². The average Bonchev–Trinajstić information content (AvgIpc) is 2.65. The Morgan fingerprint density at radius 1 is 1.07 bits per heavy atom. The summed E-state index contributed by atoms with van der Waals surface area (Å²) in [6.45, 7) is 5.85. The van der Waals surface area contributed by atoms with E-state index in [1.165, 1.54) is 32.4 Å². The summed E-state index contributed by atoms with van der Waals surface area (Å²) < 4.78 is 52.0. The molecule has 1 heterocycles. The van der Waals surface area contributed by atoms with Crippen LogP contribution in [0.3, 0.4) is 0 Å². The third kappa shape index (κ3) is 5.17. The van der Waals surface area contributed by atoms with Gasteiger partial charge < -0.3 is 19.5 Å². The monoisotopic (exact) mass is 399 g/mol. The maximum Gasteiger partial charge on any atom is 0.573 e. The highest BCUT2D eigenvalue weighted by Gasteiger charge is 2.31. The Morgan fingerprint density at radius 2 is 1.75 bits per heavy atom. The summed E-state index contributed by atoms with van der Waals surface area (Å²) in [6.07, 6.45) is -3.01. The van der Waals surface area contributed by atoms with Crippen LogP contribution in [0.5, 0.6) is 17.4 Å².